The smallest absolute Gasteiger partial charge is 0.307 e. The van der Waals surface area contributed by atoms with Crippen molar-refractivity contribution in [3.05, 3.63) is 29.6 Å². The van der Waals surface area contributed by atoms with Gasteiger partial charge in [-0.3, -0.25) is 9.59 Å². The Morgan fingerprint density at radius 1 is 1.33 bits per heavy atom. The average molecular weight is 253 g/mol. The normalized spacial score (nSPS) is 11.1. The van der Waals surface area contributed by atoms with E-state index in [1.165, 1.54) is 12.1 Å². The van der Waals surface area contributed by atoms with Crippen molar-refractivity contribution in [2.75, 3.05) is 5.32 Å². The summed E-state index contributed by atoms with van der Waals surface area (Å²) >= 11 is 0. The Morgan fingerprint density at radius 3 is 2.39 bits per heavy atom. The van der Waals surface area contributed by atoms with Crippen LogP contribution < -0.4 is 5.32 Å². The zero-order valence-corrected chi connectivity index (χ0v) is 10.6. The number of aliphatic carboxylic acids is 1. The van der Waals surface area contributed by atoms with Gasteiger partial charge in [-0.2, -0.15) is 0 Å². The third-order valence-electron chi connectivity index (χ3n) is 2.33. The molecule has 0 fully saturated rings. The van der Waals surface area contributed by atoms with Crippen molar-refractivity contribution in [3.8, 4) is 0 Å². The minimum Gasteiger partial charge on any atom is -0.481 e. The molecule has 0 spiro atoms. The number of carbonyl (C=O) groups is 2. The molecule has 5 heteroatoms. The number of amides is 1. The summed E-state index contributed by atoms with van der Waals surface area (Å²) in [6.07, 6.45) is -0.376. The maximum atomic E-state index is 13.5. The highest BCUT2D eigenvalue weighted by atomic mass is 19.1. The van der Waals surface area contributed by atoms with E-state index >= 15 is 0 Å². The molecule has 2 N–H and O–H groups in total. The maximum absolute atomic E-state index is 13.5. The standard InChI is InChI=1S/C13H16FNO3/c1-13(2,3)12(18)15-9-5-4-8(6-11(16)17)10(14)7-9/h4-5,7H,6H2,1-3H3,(H,15,18)(H,16,17). The summed E-state index contributed by atoms with van der Waals surface area (Å²) in [5, 5.41) is 11.2. The van der Waals surface area contributed by atoms with Crippen LogP contribution >= 0.6 is 0 Å². The molecule has 0 heterocycles. The molecule has 0 aliphatic heterocycles. The Bertz CT molecular complexity index is 478. The van der Waals surface area contributed by atoms with E-state index in [0.717, 1.165) is 6.07 Å². The molecule has 0 aliphatic rings. The minimum absolute atomic E-state index is 0.0938. The third-order valence-corrected chi connectivity index (χ3v) is 2.33. The fourth-order valence-corrected chi connectivity index (χ4v) is 1.25. The topological polar surface area (TPSA) is 66.4 Å². The summed E-state index contributed by atoms with van der Waals surface area (Å²) < 4.78 is 13.5. The van der Waals surface area contributed by atoms with E-state index in [9.17, 15) is 14.0 Å². The number of halogens is 1. The maximum Gasteiger partial charge on any atom is 0.307 e. The largest absolute Gasteiger partial charge is 0.481 e. The first-order valence-corrected chi connectivity index (χ1v) is 5.52. The molecule has 0 radical (unpaired) electrons. The lowest BCUT2D eigenvalue weighted by atomic mass is 9.95. The lowest BCUT2D eigenvalue weighted by Gasteiger charge is -2.17. The Kier molecular flexibility index (Phi) is 4.06. The van der Waals surface area contributed by atoms with E-state index < -0.39 is 17.2 Å². The van der Waals surface area contributed by atoms with Crippen LogP contribution in [0.3, 0.4) is 0 Å². The van der Waals surface area contributed by atoms with Gasteiger partial charge in [-0.1, -0.05) is 26.8 Å². The molecule has 0 aromatic heterocycles. The number of carboxylic acids is 1. The van der Waals surface area contributed by atoms with Crippen molar-refractivity contribution in [1.29, 1.82) is 0 Å². The molecule has 0 atom stereocenters. The quantitative estimate of drug-likeness (QED) is 0.869. The van der Waals surface area contributed by atoms with Crippen LogP contribution in [0.1, 0.15) is 26.3 Å². The van der Waals surface area contributed by atoms with Gasteiger partial charge in [0, 0.05) is 11.1 Å². The van der Waals surface area contributed by atoms with Crippen molar-refractivity contribution in [1.82, 2.24) is 0 Å². The summed E-state index contributed by atoms with van der Waals surface area (Å²) in [5.41, 5.74) is -0.159. The van der Waals surface area contributed by atoms with Crippen molar-refractivity contribution < 1.29 is 19.1 Å². The zero-order valence-electron chi connectivity index (χ0n) is 10.6. The van der Waals surface area contributed by atoms with E-state index in [-0.39, 0.29) is 17.9 Å². The van der Waals surface area contributed by atoms with Crippen LogP contribution in [-0.4, -0.2) is 17.0 Å². The van der Waals surface area contributed by atoms with Crippen LogP contribution in [0.4, 0.5) is 10.1 Å². The average Bonchev–Trinajstić information content (AvgIpc) is 2.20. The van der Waals surface area contributed by atoms with Gasteiger partial charge in [-0.05, 0) is 17.7 Å². The predicted molar refractivity (Wildman–Crippen MR) is 65.8 cm³/mol. The lowest BCUT2D eigenvalue weighted by molar-refractivity contribution is -0.136. The molecule has 4 nitrogen and oxygen atoms in total. The van der Waals surface area contributed by atoms with Crippen LogP contribution in [0.25, 0.3) is 0 Å². The van der Waals surface area contributed by atoms with Crippen LogP contribution in [0.15, 0.2) is 18.2 Å². The molecule has 1 amide bonds. The van der Waals surface area contributed by atoms with E-state index in [1.807, 2.05) is 0 Å². The SMILES string of the molecule is CC(C)(C)C(=O)Nc1ccc(CC(=O)O)c(F)c1. The summed E-state index contributed by atoms with van der Waals surface area (Å²) in [7, 11) is 0. The number of hydrogen-bond acceptors (Lipinski definition) is 2. The molecule has 1 rings (SSSR count). The summed E-state index contributed by atoms with van der Waals surface area (Å²) in [6.45, 7) is 5.24. The van der Waals surface area contributed by atoms with Gasteiger partial charge >= 0.3 is 5.97 Å². The van der Waals surface area contributed by atoms with Crippen molar-refractivity contribution in [2.24, 2.45) is 5.41 Å². The van der Waals surface area contributed by atoms with E-state index in [4.69, 9.17) is 5.11 Å². The molecular weight excluding hydrogens is 237 g/mol. The first kappa shape index (κ1) is 14.2. The predicted octanol–water partition coefficient (Wildman–Crippen LogP) is 2.44. The van der Waals surface area contributed by atoms with Gasteiger partial charge in [-0.25, -0.2) is 4.39 Å². The molecule has 0 saturated heterocycles. The second-order valence-corrected chi connectivity index (χ2v) is 5.08. The van der Waals surface area contributed by atoms with Crippen LogP contribution in [0, 0.1) is 11.2 Å². The number of benzene rings is 1. The summed E-state index contributed by atoms with van der Waals surface area (Å²) in [4.78, 5) is 22.2. The highest BCUT2D eigenvalue weighted by Crippen LogP contribution is 2.19. The van der Waals surface area contributed by atoms with E-state index in [2.05, 4.69) is 5.32 Å². The minimum atomic E-state index is -1.10. The molecule has 98 valence electrons. The Labute approximate surface area is 105 Å². The Morgan fingerprint density at radius 2 is 1.94 bits per heavy atom. The number of rotatable bonds is 3. The van der Waals surface area contributed by atoms with Gasteiger partial charge in [-0.15, -0.1) is 0 Å². The van der Waals surface area contributed by atoms with Crippen LogP contribution in [0.5, 0.6) is 0 Å². The van der Waals surface area contributed by atoms with Crippen molar-refractivity contribution in [3.63, 3.8) is 0 Å². The monoisotopic (exact) mass is 253 g/mol. The number of carbonyl (C=O) groups excluding carboxylic acids is 1. The van der Waals surface area contributed by atoms with Gasteiger partial charge in [0.05, 0.1) is 6.42 Å². The van der Waals surface area contributed by atoms with E-state index in [1.54, 1.807) is 20.8 Å². The number of anilines is 1. The molecule has 1 aromatic carbocycles. The molecular formula is C13H16FNO3. The van der Waals surface area contributed by atoms with Crippen LogP contribution in [-0.2, 0) is 16.0 Å². The second-order valence-electron chi connectivity index (χ2n) is 5.08. The molecule has 18 heavy (non-hydrogen) atoms. The number of carboxylic acid groups (broad SMARTS) is 1. The highest BCUT2D eigenvalue weighted by molar-refractivity contribution is 5.94. The highest BCUT2D eigenvalue weighted by Gasteiger charge is 2.21. The molecule has 0 saturated carbocycles. The van der Waals surface area contributed by atoms with Crippen LogP contribution in [0.2, 0.25) is 0 Å². The lowest BCUT2D eigenvalue weighted by Crippen LogP contribution is -2.27. The summed E-state index contributed by atoms with van der Waals surface area (Å²) in [6, 6.07) is 3.98. The Balaban J connectivity index is 2.85. The molecule has 0 bridgehead atoms. The first-order chi connectivity index (χ1) is 8.20. The number of nitrogens with one attached hydrogen (secondary N) is 1. The fraction of sp³-hybridized carbons (Fsp3) is 0.385. The first-order valence-electron chi connectivity index (χ1n) is 5.52. The third kappa shape index (κ3) is 3.84. The molecule has 1 aromatic rings. The van der Waals surface area contributed by atoms with Gasteiger partial charge in [0.1, 0.15) is 5.82 Å². The molecule has 0 unspecified atom stereocenters. The summed E-state index contributed by atoms with van der Waals surface area (Å²) in [5.74, 6) is -1.96. The van der Waals surface area contributed by atoms with E-state index in [0.29, 0.717) is 5.69 Å². The van der Waals surface area contributed by atoms with Gasteiger partial charge in [0.15, 0.2) is 0 Å². The van der Waals surface area contributed by atoms with Crippen molar-refractivity contribution >= 4 is 17.6 Å². The fourth-order valence-electron chi connectivity index (χ4n) is 1.25. The van der Waals surface area contributed by atoms with Crippen molar-refractivity contribution in [2.45, 2.75) is 27.2 Å². The van der Waals surface area contributed by atoms with Gasteiger partial charge in [0.25, 0.3) is 0 Å². The number of hydrogen-bond donors (Lipinski definition) is 2. The molecule has 0 aliphatic carbocycles. The van der Waals surface area contributed by atoms with Gasteiger partial charge < -0.3 is 10.4 Å². The zero-order chi connectivity index (χ0) is 13.9. The Hall–Kier alpha value is -1.91. The van der Waals surface area contributed by atoms with Gasteiger partial charge in [0.2, 0.25) is 5.91 Å². The second kappa shape index (κ2) is 5.16.